The first-order valence-corrected chi connectivity index (χ1v) is 9.13. The number of fused-ring (bicyclic) bond motifs is 1. The van der Waals surface area contributed by atoms with Crippen LogP contribution in [0.3, 0.4) is 0 Å². The molecule has 152 valence electrons. The van der Waals surface area contributed by atoms with Crippen LogP contribution in [0.2, 0.25) is 0 Å². The molecule has 30 heavy (non-hydrogen) atoms. The Balaban J connectivity index is 1.93. The third-order valence-corrected chi connectivity index (χ3v) is 4.95. The summed E-state index contributed by atoms with van der Waals surface area (Å²) in [5.74, 6) is 0.306. The lowest BCUT2D eigenvalue weighted by atomic mass is 10.0. The number of hydrogen-bond donors (Lipinski definition) is 1. The van der Waals surface area contributed by atoms with Crippen molar-refractivity contribution < 1.29 is 9.34 Å². The average Bonchev–Trinajstić information content (AvgIpc) is 3.15. The second kappa shape index (κ2) is 7.36. The second-order valence-corrected chi connectivity index (χ2v) is 6.84. The van der Waals surface area contributed by atoms with Gasteiger partial charge in [-0.2, -0.15) is 0 Å². The van der Waals surface area contributed by atoms with Gasteiger partial charge >= 0.3 is 5.69 Å². The number of non-ortho nitro benzene ring substituents is 1. The van der Waals surface area contributed by atoms with E-state index >= 15 is 0 Å². The van der Waals surface area contributed by atoms with Gasteiger partial charge in [0.15, 0.2) is 0 Å². The van der Waals surface area contributed by atoms with Crippen LogP contribution in [0, 0.1) is 10.1 Å². The van der Waals surface area contributed by atoms with E-state index in [0.29, 0.717) is 23.6 Å². The van der Waals surface area contributed by atoms with Crippen LogP contribution in [0.4, 0.5) is 11.6 Å². The molecule has 0 unspecified atom stereocenters. The fraction of sp³-hybridized carbons (Fsp3) is 0.143. The maximum absolute atomic E-state index is 12.9. The summed E-state index contributed by atoms with van der Waals surface area (Å²) >= 11 is 0. The molecule has 0 aliphatic carbocycles. The molecule has 0 atom stereocenters. The monoisotopic (exact) mass is 406 g/mol. The van der Waals surface area contributed by atoms with Gasteiger partial charge in [-0.25, -0.2) is 4.79 Å². The summed E-state index contributed by atoms with van der Waals surface area (Å²) in [6.07, 6.45) is 0. The number of nitrogens with one attached hydrogen (secondary N) is 1. The van der Waals surface area contributed by atoms with Gasteiger partial charge in [-0.1, -0.05) is 30.3 Å². The number of hydrogen-bond acceptors (Lipinski definition) is 6. The van der Waals surface area contributed by atoms with Crippen LogP contribution in [-0.4, -0.2) is 14.1 Å². The predicted octanol–water partition coefficient (Wildman–Crippen LogP) is 3.02. The zero-order valence-electron chi connectivity index (χ0n) is 16.3. The summed E-state index contributed by atoms with van der Waals surface area (Å²) in [7, 11) is 2.92. The third kappa shape index (κ3) is 3.16. The third-order valence-electron chi connectivity index (χ3n) is 4.95. The summed E-state index contributed by atoms with van der Waals surface area (Å²) < 4.78 is 8.18. The van der Waals surface area contributed by atoms with Crippen LogP contribution in [0.1, 0.15) is 5.56 Å². The highest BCUT2D eigenvalue weighted by Gasteiger charge is 2.23. The van der Waals surface area contributed by atoms with Crippen molar-refractivity contribution in [1.29, 1.82) is 0 Å². The maximum Gasteiger partial charge on any atom is 0.333 e. The lowest BCUT2D eigenvalue weighted by Gasteiger charge is -2.07. The molecule has 9 nitrogen and oxygen atoms in total. The number of benzene rings is 2. The molecule has 0 radical (unpaired) electrons. The molecule has 2 heterocycles. The lowest BCUT2D eigenvalue weighted by Crippen LogP contribution is -2.36. The Labute approximate surface area is 170 Å². The fourth-order valence-electron chi connectivity index (χ4n) is 3.35. The van der Waals surface area contributed by atoms with Gasteiger partial charge in [0.2, 0.25) is 11.6 Å². The molecule has 0 fully saturated rings. The van der Waals surface area contributed by atoms with E-state index in [9.17, 15) is 19.7 Å². The Kier molecular flexibility index (Phi) is 4.71. The molecular formula is C21H18N4O5. The zero-order chi connectivity index (χ0) is 21.4. The molecule has 4 rings (SSSR count). The van der Waals surface area contributed by atoms with E-state index in [0.717, 1.165) is 10.1 Å². The molecule has 0 bridgehead atoms. The summed E-state index contributed by atoms with van der Waals surface area (Å²) in [5, 5.41) is 14.4. The highest BCUT2D eigenvalue weighted by molar-refractivity contribution is 5.98. The summed E-state index contributed by atoms with van der Waals surface area (Å²) in [6.45, 7) is 0.426. The Morgan fingerprint density at radius 2 is 1.67 bits per heavy atom. The van der Waals surface area contributed by atoms with E-state index in [4.69, 9.17) is 4.42 Å². The zero-order valence-corrected chi connectivity index (χ0v) is 16.3. The second-order valence-electron chi connectivity index (χ2n) is 6.84. The van der Waals surface area contributed by atoms with Gasteiger partial charge in [-0.3, -0.25) is 24.0 Å². The van der Waals surface area contributed by atoms with Crippen LogP contribution in [0.15, 0.2) is 68.6 Å². The molecule has 4 aromatic rings. The average molecular weight is 406 g/mol. The van der Waals surface area contributed by atoms with Gasteiger partial charge in [0, 0.05) is 32.8 Å². The van der Waals surface area contributed by atoms with Crippen molar-refractivity contribution in [3.63, 3.8) is 0 Å². The van der Waals surface area contributed by atoms with E-state index in [-0.39, 0.29) is 16.8 Å². The molecule has 0 aliphatic heterocycles. The number of aryl methyl sites for hydroxylation is 1. The number of anilines is 1. The van der Waals surface area contributed by atoms with Gasteiger partial charge in [0.05, 0.1) is 10.5 Å². The van der Waals surface area contributed by atoms with Gasteiger partial charge in [0.25, 0.3) is 11.2 Å². The number of furan rings is 1. The van der Waals surface area contributed by atoms with Crippen molar-refractivity contribution in [2.75, 3.05) is 5.32 Å². The summed E-state index contributed by atoms with van der Waals surface area (Å²) in [6, 6.07) is 15.4. The van der Waals surface area contributed by atoms with E-state index in [1.807, 2.05) is 30.3 Å². The number of nitro benzene ring substituents is 1. The van der Waals surface area contributed by atoms with Gasteiger partial charge in [-0.05, 0) is 23.3 Å². The molecule has 0 saturated carbocycles. The van der Waals surface area contributed by atoms with Crippen molar-refractivity contribution in [3.05, 3.63) is 91.1 Å². The van der Waals surface area contributed by atoms with Crippen molar-refractivity contribution >= 4 is 22.7 Å². The van der Waals surface area contributed by atoms with Crippen LogP contribution < -0.4 is 16.6 Å². The standard InChI is InChI=1S/C21H18N4O5/c1-23-19(26)17-16(14-8-10-15(11-9-14)25(28)29)18(30-20(17)24(2)21(23)27)22-12-13-6-4-3-5-7-13/h3-11,22H,12H2,1-2H3. The minimum atomic E-state index is -0.508. The first-order valence-electron chi connectivity index (χ1n) is 9.13. The van der Waals surface area contributed by atoms with Gasteiger partial charge in [0.1, 0.15) is 5.39 Å². The molecule has 1 N–H and O–H groups in total. The van der Waals surface area contributed by atoms with Crippen molar-refractivity contribution in [2.45, 2.75) is 6.54 Å². The van der Waals surface area contributed by atoms with Crippen molar-refractivity contribution in [1.82, 2.24) is 9.13 Å². The predicted molar refractivity (Wildman–Crippen MR) is 113 cm³/mol. The normalized spacial score (nSPS) is 11.0. The number of aromatic nitrogens is 2. The van der Waals surface area contributed by atoms with Crippen LogP contribution in [-0.2, 0) is 20.6 Å². The SMILES string of the molecule is Cn1c(=O)c2c(-c3ccc([N+](=O)[O-])cc3)c(NCc3ccccc3)oc2n(C)c1=O. The molecule has 0 spiro atoms. The Morgan fingerprint density at radius 3 is 2.30 bits per heavy atom. The minimum Gasteiger partial charge on any atom is -0.423 e. The Bertz CT molecular complexity index is 1370. The molecule has 9 heteroatoms. The molecule has 0 amide bonds. The Hall–Kier alpha value is -4.14. The first kappa shape index (κ1) is 19.2. The maximum atomic E-state index is 12.9. The minimum absolute atomic E-state index is 0.0642. The largest absolute Gasteiger partial charge is 0.423 e. The van der Waals surface area contributed by atoms with E-state index in [2.05, 4.69) is 5.32 Å². The van der Waals surface area contributed by atoms with E-state index < -0.39 is 16.2 Å². The van der Waals surface area contributed by atoms with Crippen molar-refractivity contribution in [2.24, 2.45) is 14.1 Å². The number of nitro groups is 1. The van der Waals surface area contributed by atoms with E-state index in [1.165, 1.54) is 30.8 Å². The number of nitrogens with zero attached hydrogens (tertiary/aromatic N) is 3. The topological polar surface area (TPSA) is 112 Å². The quantitative estimate of drug-likeness (QED) is 0.403. The lowest BCUT2D eigenvalue weighted by molar-refractivity contribution is -0.384. The molecule has 2 aromatic carbocycles. The highest BCUT2D eigenvalue weighted by Crippen LogP contribution is 2.37. The van der Waals surface area contributed by atoms with Crippen LogP contribution in [0.5, 0.6) is 0 Å². The fourth-order valence-corrected chi connectivity index (χ4v) is 3.35. The Morgan fingerprint density at radius 1 is 1.00 bits per heavy atom. The van der Waals surface area contributed by atoms with E-state index in [1.54, 1.807) is 12.1 Å². The molecule has 0 saturated heterocycles. The highest BCUT2D eigenvalue weighted by atomic mass is 16.6. The van der Waals surface area contributed by atoms with Crippen molar-refractivity contribution in [3.8, 4) is 11.1 Å². The molecule has 2 aromatic heterocycles. The summed E-state index contributed by atoms with van der Waals surface area (Å²) in [4.78, 5) is 35.8. The van der Waals surface area contributed by atoms with Gasteiger partial charge < -0.3 is 9.73 Å². The molecule has 0 aliphatic rings. The van der Waals surface area contributed by atoms with Crippen LogP contribution in [0.25, 0.3) is 22.2 Å². The first-order chi connectivity index (χ1) is 14.4. The molecular weight excluding hydrogens is 388 g/mol. The smallest absolute Gasteiger partial charge is 0.333 e. The summed E-state index contributed by atoms with van der Waals surface area (Å²) in [5.41, 5.74) is 1.06. The van der Waals surface area contributed by atoms with Gasteiger partial charge in [-0.15, -0.1) is 0 Å². The number of rotatable bonds is 5. The van der Waals surface area contributed by atoms with Crippen LogP contribution >= 0.6 is 0 Å².